The summed E-state index contributed by atoms with van der Waals surface area (Å²) >= 11 is 0.997. The van der Waals surface area contributed by atoms with Gasteiger partial charge in [-0.05, 0) is 19.2 Å². The Kier molecular flexibility index (Phi) is 6.10. The summed E-state index contributed by atoms with van der Waals surface area (Å²) < 4.78 is 35.3. The summed E-state index contributed by atoms with van der Waals surface area (Å²) in [6, 6.07) is 4.97. The topological polar surface area (TPSA) is 94.4 Å². The first-order valence-corrected chi connectivity index (χ1v) is 9.35. The Morgan fingerprint density at radius 1 is 1.25 bits per heavy atom. The second-order valence-electron chi connectivity index (χ2n) is 5.20. The molecule has 0 saturated carbocycles. The first-order valence-electron chi connectivity index (χ1n) is 7.18. The van der Waals surface area contributed by atoms with Crippen molar-refractivity contribution < 1.29 is 13.2 Å². The maximum absolute atomic E-state index is 12.8. The number of hydrogen-bond acceptors (Lipinski definition) is 6. The largest absolute Gasteiger partial charge is 0.339 e. The van der Waals surface area contributed by atoms with E-state index in [0.29, 0.717) is 24.5 Å². The van der Waals surface area contributed by atoms with Gasteiger partial charge in [0.15, 0.2) is 0 Å². The van der Waals surface area contributed by atoms with Gasteiger partial charge in [-0.2, -0.15) is 13.0 Å². The lowest BCUT2D eigenvalue weighted by Crippen LogP contribution is -2.52. The SMILES string of the molecule is CNCC(=O)N1CCN(S(=O)(=O)c2cccc3c2N=S=N3)CC1.Cl. The molecular weight excluding hydrogens is 374 g/mol. The van der Waals surface area contributed by atoms with Crippen molar-refractivity contribution in [3.05, 3.63) is 18.2 Å². The molecule has 132 valence electrons. The lowest BCUT2D eigenvalue weighted by atomic mass is 10.3. The van der Waals surface area contributed by atoms with Gasteiger partial charge in [-0.25, -0.2) is 8.42 Å². The minimum Gasteiger partial charge on any atom is -0.339 e. The van der Waals surface area contributed by atoms with Crippen molar-refractivity contribution in [3.8, 4) is 0 Å². The number of halogens is 1. The molecule has 2 aliphatic heterocycles. The second-order valence-corrected chi connectivity index (χ2v) is 7.64. The number of nitrogens with zero attached hydrogens (tertiary/aromatic N) is 4. The van der Waals surface area contributed by atoms with E-state index in [2.05, 4.69) is 14.0 Å². The zero-order chi connectivity index (χ0) is 16.4. The van der Waals surface area contributed by atoms with Crippen molar-refractivity contribution >= 4 is 51.1 Å². The minimum atomic E-state index is -3.64. The van der Waals surface area contributed by atoms with E-state index < -0.39 is 10.0 Å². The summed E-state index contributed by atoms with van der Waals surface area (Å²) in [6.07, 6.45) is 0. The predicted octanol–water partition coefficient (Wildman–Crippen LogP) is 0.887. The Hall–Kier alpha value is -1.33. The molecule has 0 spiro atoms. The number of piperazine rings is 1. The Bertz CT molecular complexity index is 800. The van der Waals surface area contributed by atoms with E-state index in [-0.39, 0.29) is 42.8 Å². The molecule has 1 fully saturated rings. The number of fused-ring (bicyclic) bond motifs is 1. The zero-order valence-electron chi connectivity index (χ0n) is 13.0. The molecule has 2 heterocycles. The first kappa shape index (κ1) is 19.0. The predicted molar refractivity (Wildman–Crippen MR) is 94.5 cm³/mol. The molecule has 0 aromatic heterocycles. The quantitative estimate of drug-likeness (QED) is 0.837. The summed E-state index contributed by atoms with van der Waals surface area (Å²) in [5, 5.41) is 2.81. The molecule has 0 unspecified atom stereocenters. The average Bonchev–Trinajstić information content (AvgIpc) is 3.03. The van der Waals surface area contributed by atoms with Gasteiger partial charge in [0.2, 0.25) is 15.9 Å². The molecule has 0 bridgehead atoms. The first-order chi connectivity index (χ1) is 11.0. The highest BCUT2D eigenvalue weighted by atomic mass is 35.5. The molecule has 1 amide bonds. The van der Waals surface area contributed by atoms with Gasteiger partial charge in [0.25, 0.3) is 0 Å². The van der Waals surface area contributed by atoms with E-state index in [9.17, 15) is 13.2 Å². The Labute approximate surface area is 150 Å². The average molecular weight is 392 g/mol. The van der Waals surface area contributed by atoms with E-state index in [1.54, 1.807) is 30.1 Å². The third-order valence-electron chi connectivity index (χ3n) is 3.79. The van der Waals surface area contributed by atoms with Gasteiger partial charge in [-0.1, -0.05) is 6.07 Å². The van der Waals surface area contributed by atoms with Gasteiger partial charge >= 0.3 is 0 Å². The number of carbonyl (C=O) groups is 1. The van der Waals surface area contributed by atoms with Crippen LogP contribution in [0.25, 0.3) is 0 Å². The molecule has 1 aromatic rings. The number of likely N-dealkylation sites (N-methyl/N-ethyl adjacent to an activating group) is 1. The van der Waals surface area contributed by atoms with E-state index in [4.69, 9.17) is 0 Å². The van der Waals surface area contributed by atoms with Gasteiger partial charge in [0, 0.05) is 26.2 Å². The molecular formula is C13H18ClN5O3S2. The fraction of sp³-hybridized carbons (Fsp3) is 0.462. The van der Waals surface area contributed by atoms with Crippen LogP contribution in [0, 0.1) is 0 Å². The monoisotopic (exact) mass is 391 g/mol. The smallest absolute Gasteiger partial charge is 0.245 e. The number of hydrogen-bond donors (Lipinski definition) is 1. The molecule has 24 heavy (non-hydrogen) atoms. The van der Waals surface area contributed by atoms with E-state index in [0.717, 1.165) is 11.4 Å². The highest BCUT2D eigenvalue weighted by Gasteiger charge is 2.32. The summed E-state index contributed by atoms with van der Waals surface area (Å²) in [6.45, 7) is 1.62. The van der Waals surface area contributed by atoms with Crippen molar-refractivity contribution in [2.75, 3.05) is 39.8 Å². The molecule has 1 aromatic carbocycles. The lowest BCUT2D eigenvalue weighted by Gasteiger charge is -2.34. The molecule has 0 atom stereocenters. The van der Waals surface area contributed by atoms with Crippen molar-refractivity contribution in [2.24, 2.45) is 8.73 Å². The normalized spacial score (nSPS) is 17.1. The Balaban J connectivity index is 0.00000208. The number of benzene rings is 1. The van der Waals surface area contributed by atoms with Crippen LogP contribution in [0.15, 0.2) is 31.8 Å². The second kappa shape index (κ2) is 7.70. The summed E-state index contributed by atoms with van der Waals surface area (Å²) in [4.78, 5) is 13.7. The number of sulfonamides is 1. The van der Waals surface area contributed by atoms with E-state index in [1.165, 1.54) is 4.31 Å². The van der Waals surface area contributed by atoms with Gasteiger partial charge in [0.1, 0.15) is 16.3 Å². The van der Waals surface area contributed by atoms with Gasteiger partial charge in [0.05, 0.1) is 17.9 Å². The van der Waals surface area contributed by atoms with Crippen LogP contribution >= 0.6 is 12.4 Å². The summed E-state index contributed by atoms with van der Waals surface area (Å²) in [7, 11) is -1.93. The van der Waals surface area contributed by atoms with Crippen LogP contribution in [0.3, 0.4) is 0 Å². The highest BCUT2D eigenvalue weighted by Crippen LogP contribution is 2.38. The standard InChI is InChI=1S/C13H17N5O3S2.ClH/c1-14-9-12(19)17-5-7-18(8-6-17)23(20,21)11-4-2-3-10-13(11)16-22-15-10;/h2-4,14H,5-9H2,1H3;1H. The van der Waals surface area contributed by atoms with Crippen LogP contribution in [0.2, 0.25) is 0 Å². The van der Waals surface area contributed by atoms with Crippen molar-refractivity contribution in [3.63, 3.8) is 0 Å². The molecule has 2 aliphatic rings. The van der Waals surface area contributed by atoms with Crippen LogP contribution in [-0.4, -0.2) is 63.3 Å². The molecule has 0 radical (unpaired) electrons. The van der Waals surface area contributed by atoms with Crippen LogP contribution in [-0.2, 0) is 26.2 Å². The van der Waals surface area contributed by atoms with Crippen molar-refractivity contribution in [2.45, 2.75) is 4.90 Å². The van der Waals surface area contributed by atoms with Crippen LogP contribution < -0.4 is 5.32 Å². The van der Waals surface area contributed by atoms with E-state index >= 15 is 0 Å². The minimum absolute atomic E-state index is 0. The molecule has 0 aliphatic carbocycles. The van der Waals surface area contributed by atoms with Gasteiger partial charge < -0.3 is 10.2 Å². The lowest BCUT2D eigenvalue weighted by molar-refractivity contribution is -0.131. The maximum Gasteiger partial charge on any atom is 0.245 e. The van der Waals surface area contributed by atoms with E-state index in [1.807, 2.05) is 0 Å². The maximum atomic E-state index is 12.8. The number of carbonyl (C=O) groups excluding carboxylic acids is 1. The molecule has 1 N–H and O–H groups in total. The highest BCUT2D eigenvalue weighted by molar-refractivity contribution is 7.89. The number of rotatable bonds is 4. The molecule has 11 heteroatoms. The number of amides is 1. The van der Waals surface area contributed by atoms with Crippen LogP contribution in [0.5, 0.6) is 0 Å². The molecule has 8 nitrogen and oxygen atoms in total. The third-order valence-corrected chi connectivity index (χ3v) is 6.26. The van der Waals surface area contributed by atoms with Gasteiger partial charge in [-0.3, -0.25) is 4.79 Å². The van der Waals surface area contributed by atoms with Crippen LogP contribution in [0.4, 0.5) is 11.4 Å². The molecule has 1 saturated heterocycles. The zero-order valence-corrected chi connectivity index (χ0v) is 15.5. The fourth-order valence-corrected chi connectivity index (χ4v) is 4.74. The Morgan fingerprint density at radius 3 is 2.62 bits per heavy atom. The fourth-order valence-electron chi connectivity index (χ4n) is 2.57. The van der Waals surface area contributed by atoms with Crippen molar-refractivity contribution in [1.29, 1.82) is 0 Å². The molecule has 3 rings (SSSR count). The van der Waals surface area contributed by atoms with Gasteiger partial charge in [-0.15, -0.1) is 12.4 Å². The Morgan fingerprint density at radius 2 is 1.96 bits per heavy atom. The number of nitrogens with one attached hydrogen (secondary N) is 1. The summed E-state index contributed by atoms with van der Waals surface area (Å²) in [5.41, 5.74) is 0.991. The van der Waals surface area contributed by atoms with Crippen LogP contribution in [0.1, 0.15) is 0 Å². The summed E-state index contributed by atoms with van der Waals surface area (Å²) in [5.74, 6) is -0.0182. The third kappa shape index (κ3) is 3.52. The van der Waals surface area contributed by atoms with Crippen molar-refractivity contribution in [1.82, 2.24) is 14.5 Å².